The van der Waals surface area contributed by atoms with Gasteiger partial charge in [-0.05, 0) is 25.0 Å². The maximum absolute atomic E-state index is 12.6. The molecule has 6 heteroatoms. The Kier molecular flexibility index (Phi) is 3.54. The van der Waals surface area contributed by atoms with Crippen molar-refractivity contribution in [2.45, 2.75) is 38.6 Å². The number of likely N-dealkylation sites (tertiary alicyclic amines) is 1. The smallest absolute Gasteiger partial charge is 0.270 e. The Bertz CT molecular complexity index is 576. The van der Waals surface area contributed by atoms with E-state index in [1.54, 1.807) is 19.2 Å². The minimum Gasteiger partial charge on any atom is -0.357 e. The van der Waals surface area contributed by atoms with Crippen LogP contribution >= 0.6 is 0 Å². The zero-order chi connectivity index (χ0) is 13.9. The van der Waals surface area contributed by atoms with Crippen molar-refractivity contribution in [3.8, 4) is 0 Å². The molecule has 2 aromatic rings. The number of nitrogens with zero attached hydrogens (tertiary/aromatic N) is 3. The predicted molar refractivity (Wildman–Crippen MR) is 72.1 cm³/mol. The third kappa shape index (κ3) is 2.45. The van der Waals surface area contributed by atoms with Crippen LogP contribution in [0.25, 0.3) is 0 Å². The van der Waals surface area contributed by atoms with E-state index in [2.05, 4.69) is 15.1 Å². The van der Waals surface area contributed by atoms with Gasteiger partial charge >= 0.3 is 0 Å². The van der Waals surface area contributed by atoms with Crippen LogP contribution in [0.4, 0.5) is 0 Å². The van der Waals surface area contributed by atoms with Gasteiger partial charge in [0.2, 0.25) is 5.89 Å². The zero-order valence-electron chi connectivity index (χ0n) is 11.5. The lowest BCUT2D eigenvalue weighted by Gasteiger charge is -2.27. The van der Waals surface area contributed by atoms with Crippen LogP contribution in [0.15, 0.2) is 22.9 Å². The molecule has 1 fully saturated rings. The summed E-state index contributed by atoms with van der Waals surface area (Å²) in [5, 5.41) is 4.00. The lowest BCUT2D eigenvalue weighted by molar-refractivity contribution is 0.0665. The average Bonchev–Trinajstić information content (AvgIpc) is 3.05. The van der Waals surface area contributed by atoms with Crippen molar-refractivity contribution in [3.63, 3.8) is 0 Å². The Morgan fingerprint density at radius 1 is 1.45 bits per heavy atom. The molecule has 1 atom stereocenters. The molecule has 1 aliphatic rings. The van der Waals surface area contributed by atoms with Gasteiger partial charge in [-0.1, -0.05) is 18.0 Å². The molecule has 3 rings (SSSR count). The van der Waals surface area contributed by atoms with Gasteiger partial charge in [0, 0.05) is 19.7 Å². The van der Waals surface area contributed by atoms with Crippen LogP contribution in [0, 0.1) is 6.92 Å². The number of aromatic amines is 1. The zero-order valence-corrected chi connectivity index (χ0v) is 11.5. The molecule has 2 aromatic heterocycles. The number of carbonyl (C=O) groups is 1. The van der Waals surface area contributed by atoms with Crippen LogP contribution in [-0.2, 0) is 0 Å². The van der Waals surface area contributed by atoms with Crippen molar-refractivity contribution in [3.05, 3.63) is 35.7 Å². The first-order valence-electron chi connectivity index (χ1n) is 7.00. The summed E-state index contributed by atoms with van der Waals surface area (Å²) in [5.74, 6) is 1.16. The Labute approximate surface area is 117 Å². The summed E-state index contributed by atoms with van der Waals surface area (Å²) in [4.78, 5) is 21.8. The Hall–Kier alpha value is -2.11. The van der Waals surface area contributed by atoms with Crippen molar-refractivity contribution in [2.24, 2.45) is 0 Å². The fourth-order valence-corrected chi connectivity index (χ4v) is 2.69. The van der Waals surface area contributed by atoms with E-state index in [1.165, 1.54) is 0 Å². The second-order valence-electron chi connectivity index (χ2n) is 5.12. The van der Waals surface area contributed by atoms with Gasteiger partial charge in [-0.25, -0.2) is 0 Å². The van der Waals surface area contributed by atoms with E-state index in [-0.39, 0.29) is 11.9 Å². The number of hydrogen-bond donors (Lipinski definition) is 1. The number of nitrogens with one attached hydrogen (secondary N) is 1. The number of rotatable bonds is 2. The third-order valence-electron chi connectivity index (χ3n) is 3.68. The van der Waals surface area contributed by atoms with Crippen molar-refractivity contribution >= 4 is 5.91 Å². The number of amides is 1. The largest absolute Gasteiger partial charge is 0.357 e. The van der Waals surface area contributed by atoms with Gasteiger partial charge in [0.15, 0.2) is 5.82 Å². The van der Waals surface area contributed by atoms with Crippen molar-refractivity contribution in [1.82, 2.24) is 20.0 Å². The standard InChI is InChI=1S/C14H18N4O2/c1-10-16-13(17-20-10)12-7-3-2-4-9-18(12)14(19)11-6-5-8-15-11/h5-6,8,12,15H,2-4,7,9H2,1H3/t12-/m1/s1. The molecule has 20 heavy (non-hydrogen) atoms. The first-order chi connectivity index (χ1) is 9.75. The summed E-state index contributed by atoms with van der Waals surface area (Å²) < 4.78 is 5.07. The van der Waals surface area contributed by atoms with Gasteiger partial charge in [-0.15, -0.1) is 0 Å². The highest BCUT2D eigenvalue weighted by Crippen LogP contribution is 2.29. The van der Waals surface area contributed by atoms with Crippen LogP contribution < -0.4 is 0 Å². The number of carbonyl (C=O) groups excluding carboxylic acids is 1. The van der Waals surface area contributed by atoms with Crippen LogP contribution in [0.2, 0.25) is 0 Å². The molecule has 0 bridgehead atoms. The van der Waals surface area contributed by atoms with E-state index < -0.39 is 0 Å². The van der Waals surface area contributed by atoms with Crippen LogP contribution in [0.3, 0.4) is 0 Å². The molecule has 106 valence electrons. The van der Waals surface area contributed by atoms with Crippen LogP contribution in [0.1, 0.15) is 53.9 Å². The molecule has 0 unspecified atom stereocenters. The number of hydrogen-bond acceptors (Lipinski definition) is 4. The quantitative estimate of drug-likeness (QED) is 0.912. The molecular weight excluding hydrogens is 256 g/mol. The first-order valence-corrected chi connectivity index (χ1v) is 7.00. The summed E-state index contributed by atoms with van der Waals surface area (Å²) in [6.07, 6.45) is 5.86. The third-order valence-corrected chi connectivity index (χ3v) is 3.68. The molecule has 0 spiro atoms. The summed E-state index contributed by atoms with van der Waals surface area (Å²) in [5.41, 5.74) is 0.608. The summed E-state index contributed by atoms with van der Waals surface area (Å²) in [6.45, 7) is 2.50. The van der Waals surface area contributed by atoms with Crippen molar-refractivity contribution in [1.29, 1.82) is 0 Å². The summed E-state index contributed by atoms with van der Waals surface area (Å²) in [6, 6.07) is 3.54. The van der Waals surface area contributed by atoms with E-state index in [4.69, 9.17) is 4.52 Å². The molecule has 1 N–H and O–H groups in total. The summed E-state index contributed by atoms with van der Waals surface area (Å²) >= 11 is 0. The molecule has 6 nitrogen and oxygen atoms in total. The lowest BCUT2D eigenvalue weighted by atomic mass is 10.1. The van der Waals surface area contributed by atoms with E-state index in [0.717, 1.165) is 32.2 Å². The number of H-pyrrole nitrogens is 1. The molecule has 3 heterocycles. The minimum atomic E-state index is -0.0919. The normalized spacial score (nSPS) is 19.9. The molecule has 0 aromatic carbocycles. The van der Waals surface area contributed by atoms with Gasteiger partial charge in [-0.3, -0.25) is 4.79 Å². The molecule has 0 saturated carbocycles. The Morgan fingerprint density at radius 3 is 3.05 bits per heavy atom. The Morgan fingerprint density at radius 2 is 2.35 bits per heavy atom. The van der Waals surface area contributed by atoms with Gasteiger partial charge < -0.3 is 14.4 Å². The van der Waals surface area contributed by atoms with Crippen LogP contribution in [0.5, 0.6) is 0 Å². The fourth-order valence-electron chi connectivity index (χ4n) is 2.69. The van der Waals surface area contributed by atoms with E-state index in [0.29, 0.717) is 17.4 Å². The molecular formula is C14H18N4O2. The highest BCUT2D eigenvalue weighted by molar-refractivity contribution is 5.92. The van der Waals surface area contributed by atoms with Crippen molar-refractivity contribution < 1.29 is 9.32 Å². The molecule has 1 amide bonds. The number of aromatic nitrogens is 3. The molecule has 0 radical (unpaired) electrons. The molecule has 1 saturated heterocycles. The topological polar surface area (TPSA) is 75.0 Å². The number of aryl methyl sites for hydroxylation is 1. The predicted octanol–water partition coefficient (Wildman–Crippen LogP) is 2.46. The fraction of sp³-hybridized carbons (Fsp3) is 0.500. The van der Waals surface area contributed by atoms with Gasteiger partial charge in [0.05, 0.1) is 6.04 Å². The van der Waals surface area contributed by atoms with E-state index in [1.807, 2.05) is 11.0 Å². The maximum atomic E-state index is 12.6. The van der Waals surface area contributed by atoms with E-state index >= 15 is 0 Å². The highest BCUT2D eigenvalue weighted by atomic mass is 16.5. The molecule has 1 aliphatic heterocycles. The Balaban J connectivity index is 1.89. The monoisotopic (exact) mass is 274 g/mol. The van der Waals surface area contributed by atoms with Crippen LogP contribution in [-0.4, -0.2) is 32.5 Å². The second kappa shape index (κ2) is 5.48. The van der Waals surface area contributed by atoms with Crippen molar-refractivity contribution in [2.75, 3.05) is 6.54 Å². The van der Waals surface area contributed by atoms with Gasteiger partial charge in [-0.2, -0.15) is 4.98 Å². The maximum Gasteiger partial charge on any atom is 0.270 e. The summed E-state index contributed by atoms with van der Waals surface area (Å²) in [7, 11) is 0. The minimum absolute atomic E-state index is 0.00403. The van der Waals surface area contributed by atoms with Gasteiger partial charge in [0.25, 0.3) is 5.91 Å². The SMILES string of the molecule is Cc1nc([C@H]2CCCCCN2C(=O)c2ccc[nH]2)no1. The molecule has 0 aliphatic carbocycles. The highest BCUT2D eigenvalue weighted by Gasteiger charge is 2.31. The first kappa shape index (κ1) is 12.9. The van der Waals surface area contributed by atoms with Gasteiger partial charge in [0.1, 0.15) is 5.69 Å². The lowest BCUT2D eigenvalue weighted by Crippen LogP contribution is -2.35. The second-order valence-corrected chi connectivity index (χ2v) is 5.12. The van der Waals surface area contributed by atoms with E-state index in [9.17, 15) is 4.79 Å². The average molecular weight is 274 g/mol.